The number of nitrogens with one attached hydrogen (secondary N) is 2. The Bertz CT molecular complexity index is 969. The Labute approximate surface area is 189 Å². The van der Waals surface area contributed by atoms with Gasteiger partial charge < -0.3 is 20.3 Å². The maximum absolute atomic E-state index is 12.9. The number of para-hydroxylation sites is 1. The Morgan fingerprint density at radius 1 is 1.12 bits per heavy atom. The van der Waals surface area contributed by atoms with Gasteiger partial charge in [0, 0.05) is 38.4 Å². The number of hydrogen-bond acceptors (Lipinski definition) is 4. The van der Waals surface area contributed by atoms with Crippen molar-refractivity contribution in [3.63, 3.8) is 0 Å². The number of benzene rings is 2. The number of anilines is 2. The van der Waals surface area contributed by atoms with Crippen molar-refractivity contribution in [2.45, 2.75) is 33.6 Å². The fourth-order valence-corrected chi connectivity index (χ4v) is 3.88. The van der Waals surface area contributed by atoms with E-state index in [-0.39, 0.29) is 24.1 Å². The highest BCUT2D eigenvalue weighted by molar-refractivity contribution is 6.07. The molecule has 1 fully saturated rings. The van der Waals surface area contributed by atoms with Gasteiger partial charge >= 0.3 is 0 Å². The standard InChI is InChI=1S/C25H31N3O4/c1-4-32-11-7-10-26-25(31)21-8-5-6-9-22(21)27-24(30)19-15-23(29)28(16-19)20-13-17(2)12-18(3)14-20/h5-6,8-9,12-14,19H,4,7,10-11,15-16H2,1-3H3,(H,26,31)(H,27,30). The van der Waals surface area contributed by atoms with Crippen molar-refractivity contribution < 1.29 is 19.1 Å². The van der Waals surface area contributed by atoms with Crippen LogP contribution in [0.25, 0.3) is 0 Å². The van der Waals surface area contributed by atoms with Crippen molar-refractivity contribution in [1.82, 2.24) is 5.32 Å². The van der Waals surface area contributed by atoms with E-state index >= 15 is 0 Å². The summed E-state index contributed by atoms with van der Waals surface area (Å²) in [5.41, 5.74) is 3.79. The smallest absolute Gasteiger partial charge is 0.253 e. The summed E-state index contributed by atoms with van der Waals surface area (Å²) in [7, 11) is 0. The van der Waals surface area contributed by atoms with Gasteiger partial charge in [-0.05, 0) is 62.6 Å². The lowest BCUT2D eigenvalue weighted by molar-refractivity contribution is -0.122. The zero-order chi connectivity index (χ0) is 23.1. The highest BCUT2D eigenvalue weighted by Gasteiger charge is 2.35. The summed E-state index contributed by atoms with van der Waals surface area (Å²) < 4.78 is 5.28. The monoisotopic (exact) mass is 437 g/mol. The van der Waals surface area contributed by atoms with Gasteiger partial charge in [-0.3, -0.25) is 14.4 Å². The summed E-state index contributed by atoms with van der Waals surface area (Å²) in [6.45, 7) is 7.94. The lowest BCUT2D eigenvalue weighted by Gasteiger charge is -2.18. The van der Waals surface area contributed by atoms with Crippen LogP contribution in [0, 0.1) is 19.8 Å². The van der Waals surface area contributed by atoms with Gasteiger partial charge in [0.25, 0.3) is 5.91 Å². The van der Waals surface area contributed by atoms with E-state index < -0.39 is 5.92 Å². The maximum atomic E-state index is 12.9. The average molecular weight is 438 g/mol. The molecule has 0 radical (unpaired) electrons. The molecule has 2 aromatic rings. The molecule has 1 saturated heterocycles. The van der Waals surface area contributed by atoms with Crippen LogP contribution in [0.1, 0.15) is 41.3 Å². The van der Waals surface area contributed by atoms with E-state index in [1.165, 1.54) is 0 Å². The summed E-state index contributed by atoms with van der Waals surface area (Å²) in [6.07, 6.45) is 0.858. The van der Waals surface area contributed by atoms with Crippen molar-refractivity contribution in [2.24, 2.45) is 5.92 Å². The van der Waals surface area contributed by atoms with E-state index in [0.29, 0.717) is 44.0 Å². The van der Waals surface area contributed by atoms with Crippen molar-refractivity contribution >= 4 is 29.1 Å². The van der Waals surface area contributed by atoms with Gasteiger partial charge in [-0.25, -0.2) is 0 Å². The highest BCUT2D eigenvalue weighted by Crippen LogP contribution is 2.28. The highest BCUT2D eigenvalue weighted by atomic mass is 16.5. The van der Waals surface area contributed by atoms with E-state index in [0.717, 1.165) is 16.8 Å². The third-order valence-corrected chi connectivity index (χ3v) is 5.40. The molecule has 7 nitrogen and oxygen atoms in total. The lowest BCUT2D eigenvalue weighted by atomic mass is 10.1. The number of carbonyl (C=O) groups excluding carboxylic acids is 3. The fourth-order valence-electron chi connectivity index (χ4n) is 3.88. The average Bonchev–Trinajstić information content (AvgIpc) is 3.15. The van der Waals surface area contributed by atoms with Gasteiger partial charge in [-0.1, -0.05) is 18.2 Å². The molecule has 0 spiro atoms. The van der Waals surface area contributed by atoms with Crippen LogP contribution in [0.3, 0.4) is 0 Å². The second-order valence-corrected chi connectivity index (χ2v) is 8.09. The van der Waals surface area contributed by atoms with Crippen LogP contribution in [0.15, 0.2) is 42.5 Å². The number of aryl methyl sites for hydroxylation is 2. The summed E-state index contributed by atoms with van der Waals surface area (Å²) in [6, 6.07) is 12.9. The van der Waals surface area contributed by atoms with Crippen LogP contribution in [0.4, 0.5) is 11.4 Å². The Hall–Kier alpha value is -3.19. The summed E-state index contributed by atoms with van der Waals surface area (Å²) in [5.74, 6) is -1.07. The molecule has 1 unspecified atom stereocenters. The first-order chi connectivity index (χ1) is 15.4. The Kier molecular flexibility index (Phi) is 8.00. The minimum absolute atomic E-state index is 0.0736. The number of amides is 3. The molecule has 3 rings (SSSR count). The first-order valence-corrected chi connectivity index (χ1v) is 11.0. The van der Waals surface area contributed by atoms with Crippen molar-refractivity contribution in [2.75, 3.05) is 36.5 Å². The fraction of sp³-hybridized carbons (Fsp3) is 0.400. The summed E-state index contributed by atoms with van der Waals surface area (Å²) in [4.78, 5) is 39.8. The first kappa shape index (κ1) is 23.5. The quantitative estimate of drug-likeness (QED) is 0.588. The number of hydrogen-bond donors (Lipinski definition) is 2. The molecule has 0 aromatic heterocycles. The zero-order valence-electron chi connectivity index (χ0n) is 18.9. The predicted octanol–water partition coefficient (Wildman–Crippen LogP) is 3.45. The number of nitrogens with zero attached hydrogens (tertiary/aromatic N) is 1. The van der Waals surface area contributed by atoms with Crippen LogP contribution >= 0.6 is 0 Å². The normalized spacial score (nSPS) is 15.7. The molecule has 0 bridgehead atoms. The molecular weight excluding hydrogens is 406 g/mol. The first-order valence-electron chi connectivity index (χ1n) is 11.0. The van der Waals surface area contributed by atoms with Crippen LogP contribution in [0.5, 0.6) is 0 Å². The van der Waals surface area contributed by atoms with Gasteiger partial charge in [0.05, 0.1) is 17.2 Å². The second-order valence-electron chi connectivity index (χ2n) is 8.09. The molecule has 1 aliphatic rings. The largest absolute Gasteiger partial charge is 0.382 e. The van der Waals surface area contributed by atoms with Gasteiger partial charge in [0.1, 0.15) is 0 Å². The molecule has 3 amide bonds. The molecule has 170 valence electrons. The zero-order valence-corrected chi connectivity index (χ0v) is 18.9. The number of carbonyl (C=O) groups is 3. The third-order valence-electron chi connectivity index (χ3n) is 5.40. The minimum atomic E-state index is -0.481. The van der Waals surface area contributed by atoms with Crippen molar-refractivity contribution in [1.29, 1.82) is 0 Å². The van der Waals surface area contributed by atoms with Crippen molar-refractivity contribution in [3.8, 4) is 0 Å². The lowest BCUT2D eigenvalue weighted by Crippen LogP contribution is -2.30. The van der Waals surface area contributed by atoms with E-state index in [4.69, 9.17) is 4.74 Å². The van der Waals surface area contributed by atoms with Crippen LogP contribution in [-0.2, 0) is 14.3 Å². The molecule has 7 heteroatoms. The van der Waals surface area contributed by atoms with E-state index in [1.807, 2.05) is 39.0 Å². The third kappa shape index (κ3) is 5.95. The Morgan fingerprint density at radius 2 is 1.84 bits per heavy atom. The summed E-state index contributed by atoms with van der Waals surface area (Å²) >= 11 is 0. The topological polar surface area (TPSA) is 87.7 Å². The molecular formula is C25H31N3O4. The molecule has 2 N–H and O–H groups in total. The van der Waals surface area contributed by atoms with Gasteiger partial charge in [0.2, 0.25) is 11.8 Å². The number of rotatable bonds is 9. The summed E-state index contributed by atoms with van der Waals surface area (Å²) in [5, 5.41) is 5.71. The van der Waals surface area contributed by atoms with E-state index in [2.05, 4.69) is 10.6 Å². The van der Waals surface area contributed by atoms with Gasteiger partial charge in [-0.2, -0.15) is 0 Å². The second kappa shape index (κ2) is 10.9. The van der Waals surface area contributed by atoms with E-state index in [1.54, 1.807) is 29.2 Å². The van der Waals surface area contributed by atoms with Crippen LogP contribution < -0.4 is 15.5 Å². The SMILES string of the molecule is CCOCCCNC(=O)c1ccccc1NC(=O)C1CC(=O)N(c2cc(C)cc(C)c2)C1. The number of ether oxygens (including phenoxy) is 1. The molecule has 0 saturated carbocycles. The Morgan fingerprint density at radius 3 is 2.56 bits per heavy atom. The van der Waals surface area contributed by atoms with Gasteiger partial charge in [0.15, 0.2) is 0 Å². The molecule has 1 atom stereocenters. The molecule has 2 aromatic carbocycles. The molecule has 1 heterocycles. The minimum Gasteiger partial charge on any atom is -0.382 e. The van der Waals surface area contributed by atoms with Crippen LogP contribution in [-0.4, -0.2) is 44.0 Å². The molecule has 0 aliphatic carbocycles. The predicted molar refractivity (Wildman–Crippen MR) is 125 cm³/mol. The van der Waals surface area contributed by atoms with Crippen LogP contribution in [0.2, 0.25) is 0 Å². The Balaban J connectivity index is 1.64. The van der Waals surface area contributed by atoms with Crippen molar-refractivity contribution in [3.05, 3.63) is 59.2 Å². The maximum Gasteiger partial charge on any atom is 0.253 e. The van der Waals surface area contributed by atoms with Gasteiger partial charge in [-0.15, -0.1) is 0 Å². The molecule has 32 heavy (non-hydrogen) atoms. The molecule has 1 aliphatic heterocycles. The van der Waals surface area contributed by atoms with E-state index in [9.17, 15) is 14.4 Å².